The van der Waals surface area contributed by atoms with Crippen LogP contribution >= 0.6 is 0 Å². The van der Waals surface area contributed by atoms with Crippen molar-refractivity contribution in [2.75, 3.05) is 0 Å². The predicted molar refractivity (Wildman–Crippen MR) is 96.8 cm³/mol. The molecule has 0 saturated carbocycles. The Hall–Kier alpha value is -2.62. The first-order valence-corrected chi connectivity index (χ1v) is 8.42. The van der Waals surface area contributed by atoms with E-state index in [4.69, 9.17) is 0 Å². The van der Waals surface area contributed by atoms with E-state index >= 15 is 0 Å². The van der Waals surface area contributed by atoms with E-state index in [-0.39, 0.29) is 18.5 Å². The summed E-state index contributed by atoms with van der Waals surface area (Å²) in [5.41, 5.74) is 3.20. The first-order valence-electron chi connectivity index (χ1n) is 8.42. The highest BCUT2D eigenvalue weighted by molar-refractivity contribution is 5.84. The zero-order valence-electron chi connectivity index (χ0n) is 14.2. The molecule has 0 radical (unpaired) electrons. The van der Waals surface area contributed by atoms with Gasteiger partial charge < -0.3 is 5.32 Å². The van der Waals surface area contributed by atoms with E-state index in [1.54, 1.807) is 4.68 Å². The lowest BCUT2D eigenvalue weighted by atomic mass is 10.0. The first-order chi connectivity index (χ1) is 11.7. The summed E-state index contributed by atoms with van der Waals surface area (Å²) in [5, 5.41) is 8.74. The van der Waals surface area contributed by atoms with Gasteiger partial charge in [0.1, 0.15) is 6.54 Å². The van der Waals surface area contributed by atoms with Crippen LogP contribution in [0.2, 0.25) is 0 Å². The predicted octanol–water partition coefficient (Wildman–Crippen LogP) is 3.48. The summed E-state index contributed by atoms with van der Waals surface area (Å²) < 4.78 is 1.79. The van der Waals surface area contributed by atoms with Crippen molar-refractivity contribution >= 4 is 16.8 Å². The van der Waals surface area contributed by atoms with Gasteiger partial charge in [0, 0.05) is 11.4 Å². The SMILES string of the molecule is CCC(Cc1ccccc1)NC(=O)Cn1nc(C)c2ccccc21. The Balaban J connectivity index is 1.67. The number of rotatable bonds is 6. The van der Waals surface area contributed by atoms with Crippen molar-refractivity contribution in [1.82, 2.24) is 15.1 Å². The number of carbonyl (C=O) groups is 1. The van der Waals surface area contributed by atoms with Crippen LogP contribution in [0.15, 0.2) is 54.6 Å². The number of nitrogens with zero attached hydrogens (tertiary/aromatic N) is 2. The summed E-state index contributed by atoms with van der Waals surface area (Å²) in [6.07, 6.45) is 1.75. The van der Waals surface area contributed by atoms with Gasteiger partial charge in [0.05, 0.1) is 11.2 Å². The Morgan fingerprint density at radius 3 is 2.58 bits per heavy atom. The van der Waals surface area contributed by atoms with Gasteiger partial charge in [0.15, 0.2) is 0 Å². The topological polar surface area (TPSA) is 46.9 Å². The minimum Gasteiger partial charge on any atom is -0.351 e. The maximum atomic E-state index is 12.5. The molecule has 1 N–H and O–H groups in total. The summed E-state index contributed by atoms with van der Waals surface area (Å²) >= 11 is 0. The molecular formula is C20H23N3O. The highest BCUT2D eigenvalue weighted by Gasteiger charge is 2.14. The van der Waals surface area contributed by atoms with Gasteiger partial charge in [-0.3, -0.25) is 9.48 Å². The number of hydrogen-bond acceptors (Lipinski definition) is 2. The second-order valence-corrected chi connectivity index (χ2v) is 6.12. The van der Waals surface area contributed by atoms with Crippen LogP contribution in [0, 0.1) is 6.92 Å². The Kier molecular flexibility index (Phi) is 4.94. The van der Waals surface area contributed by atoms with E-state index in [1.165, 1.54) is 5.56 Å². The van der Waals surface area contributed by atoms with Crippen LogP contribution in [0.5, 0.6) is 0 Å². The molecule has 0 aliphatic carbocycles. The van der Waals surface area contributed by atoms with E-state index in [9.17, 15) is 4.79 Å². The lowest BCUT2D eigenvalue weighted by Gasteiger charge is -2.17. The number of benzene rings is 2. The molecule has 4 nitrogen and oxygen atoms in total. The molecule has 0 bridgehead atoms. The molecule has 24 heavy (non-hydrogen) atoms. The lowest BCUT2D eigenvalue weighted by Crippen LogP contribution is -2.38. The molecule has 0 aliphatic rings. The molecule has 0 fully saturated rings. The van der Waals surface area contributed by atoms with E-state index in [1.807, 2.05) is 49.4 Å². The fourth-order valence-corrected chi connectivity index (χ4v) is 3.02. The maximum absolute atomic E-state index is 12.5. The normalized spacial score (nSPS) is 12.2. The van der Waals surface area contributed by atoms with E-state index in [0.717, 1.165) is 29.4 Å². The Bertz CT molecular complexity index is 823. The third kappa shape index (κ3) is 3.65. The van der Waals surface area contributed by atoms with E-state index in [0.29, 0.717) is 0 Å². The molecule has 3 aromatic rings. The molecule has 0 aliphatic heterocycles. The van der Waals surface area contributed by atoms with Crippen molar-refractivity contribution in [3.05, 3.63) is 65.9 Å². The number of fused-ring (bicyclic) bond motifs is 1. The van der Waals surface area contributed by atoms with Gasteiger partial charge in [0.25, 0.3) is 0 Å². The average molecular weight is 321 g/mol. The second-order valence-electron chi connectivity index (χ2n) is 6.12. The van der Waals surface area contributed by atoms with Crippen molar-refractivity contribution in [3.8, 4) is 0 Å². The molecule has 2 aromatic carbocycles. The maximum Gasteiger partial charge on any atom is 0.241 e. The van der Waals surface area contributed by atoms with Gasteiger partial charge >= 0.3 is 0 Å². The largest absolute Gasteiger partial charge is 0.351 e. The van der Waals surface area contributed by atoms with Crippen LogP contribution in [-0.2, 0) is 17.8 Å². The van der Waals surface area contributed by atoms with Crippen LogP contribution < -0.4 is 5.32 Å². The zero-order chi connectivity index (χ0) is 16.9. The minimum absolute atomic E-state index is 0.00559. The Labute approximate surface area is 142 Å². The van der Waals surface area contributed by atoms with Gasteiger partial charge in [0.2, 0.25) is 5.91 Å². The highest BCUT2D eigenvalue weighted by atomic mass is 16.2. The number of hydrogen-bond donors (Lipinski definition) is 1. The standard InChI is InChI=1S/C20H23N3O/c1-3-17(13-16-9-5-4-6-10-16)21-20(24)14-23-19-12-8-7-11-18(19)15(2)22-23/h4-12,17H,3,13-14H2,1-2H3,(H,21,24). The molecule has 3 rings (SSSR count). The summed E-state index contributed by atoms with van der Waals surface area (Å²) in [6.45, 7) is 4.32. The number of aromatic nitrogens is 2. The highest BCUT2D eigenvalue weighted by Crippen LogP contribution is 2.17. The van der Waals surface area contributed by atoms with Crippen LogP contribution in [0.1, 0.15) is 24.6 Å². The fraction of sp³-hybridized carbons (Fsp3) is 0.300. The average Bonchev–Trinajstić information content (AvgIpc) is 2.91. The van der Waals surface area contributed by atoms with Crippen molar-refractivity contribution in [1.29, 1.82) is 0 Å². The van der Waals surface area contributed by atoms with Crippen molar-refractivity contribution < 1.29 is 4.79 Å². The summed E-state index contributed by atoms with van der Waals surface area (Å²) in [5.74, 6) is 0.00559. The zero-order valence-corrected chi connectivity index (χ0v) is 14.2. The number of nitrogens with one attached hydrogen (secondary N) is 1. The smallest absolute Gasteiger partial charge is 0.241 e. The molecule has 0 spiro atoms. The van der Waals surface area contributed by atoms with Crippen LogP contribution in [0.25, 0.3) is 10.9 Å². The van der Waals surface area contributed by atoms with E-state index in [2.05, 4.69) is 29.5 Å². The Morgan fingerprint density at radius 2 is 1.83 bits per heavy atom. The van der Waals surface area contributed by atoms with Crippen molar-refractivity contribution in [3.63, 3.8) is 0 Å². The number of para-hydroxylation sites is 1. The van der Waals surface area contributed by atoms with Crippen molar-refractivity contribution in [2.45, 2.75) is 39.3 Å². The first kappa shape index (κ1) is 16.2. The third-order valence-electron chi connectivity index (χ3n) is 4.32. The molecule has 1 heterocycles. The lowest BCUT2D eigenvalue weighted by molar-refractivity contribution is -0.122. The van der Waals surface area contributed by atoms with Gasteiger partial charge in [-0.1, -0.05) is 55.5 Å². The molecule has 124 valence electrons. The molecule has 1 unspecified atom stereocenters. The second kappa shape index (κ2) is 7.30. The number of aryl methyl sites for hydroxylation is 1. The van der Waals surface area contributed by atoms with Gasteiger partial charge in [-0.05, 0) is 31.4 Å². The van der Waals surface area contributed by atoms with Crippen molar-refractivity contribution in [2.24, 2.45) is 0 Å². The van der Waals surface area contributed by atoms with Crippen LogP contribution in [-0.4, -0.2) is 21.7 Å². The summed E-state index contributed by atoms with van der Waals surface area (Å²) in [4.78, 5) is 12.5. The van der Waals surface area contributed by atoms with Crippen LogP contribution in [0.4, 0.5) is 0 Å². The molecule has 1 atom stereocenters. The summed E-state index contributed by atoms with van der Waals surface area (Å²) in [7, 11) is 0. The minimum atomic E-state index is 0.00559. The summed E-state index contributed by atoms with van der Waals surface area (Å²) in [6, 6.07) is 18.4. The third-order valence-corrected chi connectivity index (χ3v) is 4.32. The van der Waals surface area contributed by atoms with E-state index < -0.39 is 0 Å². The van der Waals surface area contributed by atoms with Crippen LogP contribution in [0.3, 0.4) is 0 Å². The molecular weight excluding hydrogens is 298 g/mol. The quantitative estimate of drug-likeness (QED) is 0.755. The molecule has 1 amide bonds. The molecule has 1 aromatic heterocycles. The number of carbonyl (C=O) groups excluding carboxylic acids is 1. The monoisotopic (exact) mass is 321 g/mol. The number of amides is 1. The Morgan fingerprint density at radius 1 is 1.12 bits per heavy atom. The van der Waals surface area contributed by atoms with Gasteiger partial charge in [-0.25, -0.2) is 0 Å². The molecule has 0 saturated heterocycles. The fourth-order valence-electron chi connectivity index (χ4n) is 3.02. The van der Waals surface area contributed by atoms with Gasteiger partial charge in [-0.15, -0.1) is 0 Å². The van der Waals surface area contributed by atoms with Gasteiger partial charge in [-0.2, -0.15) is 5.10 Å². The molecule has 4 heteroatoms.